The van der Waals surface area contributed by atoms with Crippen LogP contribution in [-0.2, 0) is 4.79 Å². The Kier molecular flexibility index (Phi) is 6.21. The van der Waals surface area contributed by atoms with E-state index in [1.54, 1.807) is 37.3 Å². The molecule has 5 nitrogen and oxygen atoms in total. The molecular formula is C18H17BrN2O3. The number of ether oxygens (including phenoxy) is 2. The Morgan fingerprint density at radius 2 is 2.00 bits per heavy atom. The summed E-state index contributed by atoms with van der Waals surface area (Å²) < 4.78 is 12.0. The zero-order chi connectivity index (χ0) is 17.5. The van der Waals surface area contributed by atoms with Gasteiger partial charge in [-0.2, -0.15) is 5.26 Å². The van der Waals surface area contributed by atoms with E-state index in [1.807, 2.05) is 25.1 Å². The fraction of sp³-hybridized carbons (Fsp3) is 0.222. The lowest BCUT2D eigenvalue weighted by atomic mass is 10.2. The van der Waals surface area contributed by atoms with E-state index >= 15 is 0 Å². The van der Waals surface area contributed by atoms with Crippen LogP contribution in [0.2, 0.25) is 0 Å². The Balaban J connectivity index is 2.10. The molecule has 124 valence electrons. The lowest BCUT2D eigenvalue weighted by Gasteiger charge is -2.16. The molecule has 0 spiro atoms. The van der Waals surface area contributed by atoms with Crippen LogP contribution in [0.3, 0.4) is 0 Å². The highest BCUT2D eigenvalue weighted by Gasteiger charge is 2.17. The number of nitriles is 1. The maximum absolute atomic E-state index is 12.4. The van der Waals surface area contributed by atoms with E-state index < -0.39 is 6.10 Å². The maximum Gasteiger partial charge on any atom is 0.265 e. The number of hydrogen-bond acceptors (Lipinski definition) is 4. The smallest absolute Gasteiger partial charge is 0.265 e. The lowest BCUT2D eigenvalue weighted by molar-refractivity contribution is -0.122. The first-order chi connectivity index (χ1) is 11.5. The maximum atomic E-state index is 12.4. The quantitative estimate of drug-likeness (QED) is 0.807. The first kappa shape index (κ1) is 17.8. The fourth-order valence-corrected chi connectivity index (χ4v) is 2.25. The van der Waals surface area contributed by atoms with Crippen molar-refractivity contribution in [2.75, 3.05) is 11.9 Å². The van der Waals surface area contributed by atoms with Crippen LogP contribution in [0.4, 0.5) is 5.69 Å². The number of rotatable bonds is 6. The van der Waals surface area contributed by atoms with Crippen LogP contribution < -0.4 is 14.8 Å². The van der Waals surface area contributed by atoms with E-state index in [4.69, 9.17) is 14.7 Å². The minimum atomic E-state index is -0.702. The third-order valence-corrected chi connectivity index (χ3v) is 3.69. The van der Waals surface area contributed by atoms with Crippen molar-refractivity contribution in [2.24, 2.45) is 0 Å². The number of halogens is 1. The van der Waals surface area contributed by atoms with Gasteiger partial charge in [0.1, 0.15) is 11.5 Å². The Bertz CT molecular complexity index is 754. The van der Waals surface area contributed by atoms with Crippen molar-refractivity contribution in [1.29, 1.82) is 5.26 Å². The van der Waals surface area contributed by atoms with Crippen LogP contribution in [0.1, 0.15) is 19.4 Å². The fourth-order valence-electron chi connectivity index (χ4n) is 1.98. The predicted molar refractivity (Wildman–Crippen MR) is 95.2 cm³/mol. The molecule has 6 heteroatoms. The van der Waals surface area contributed by atoms with Gasteiger partial charge in [0.05, 0.1) is 23.9 Å². The van der Waals surface area contributed by atoms with Crippen LogP contribution in [0, 0.1) is 11.3 Å². The average molecular weight is 389 g/mol. The number of anilines is 1. The molecule has 1 unspecified atom stereocenters. The molecular weight excluding hydrogens is 372 g/mol. The topological polar surface area (TPSA) is 71.3 Å². The number of amides is 1. The number of carbonyl (C=O) groups is 1. The molecule has 0 heterocycles. The number of hydrogen-bond donors (Lipinski definition) is 1. The van der Waals surface area contributed by atoms with Gasteiger partial charge in [-0.05, 0) is 56.3 Å². The SMILES string of the molecule is CCOc1ccc(C#N)cc1NC(=O)C(C)Oc1ccc(Br)cc1. The van der Waals surface area contributed by atoms with Crippen LogP contribution in [0.5, 0.6) is 11.5 Å². The molecule has 1 N–H and O–H groups in total. The van der Waals surface area contributed by atoms with Gasteiger partial charge < -0.3 is 14.8 Å². The normalized spacial score (nSPS) is 11.2. The Morgan fingerprint density at radius 3 is 2.62 bits per heavy atom. The summed E-state index contributed by atoms with van der Waals surface area (Å²) in [6.45, 7) is 3.97. The zero-order valence-electron chi connectivity index (χ0n) is 13.4. The first-order valence-corrected chi connectivity index (χ1v) is 8.22. The van der Waals surface area contributed by atoms with Crippen molar-refractivity contribution in [3.05, 3.63) is 52.5 Å². The van der Waals surface area contributed by atoms with Gasteiger partial charge >= 0.3 is 0 Å². The number of carbonyl (C=O) groups excluding carboxylic acids is 1. The van der Waals surface area contributed by atoms with Gasteiger partial charge in [0.2, 0.25) is 0 Å². The van der Waals surface area contributed by atoms with Crippen molar-refractivity contribution in [1.82, 2.24) is 0 Å². The van der Waals surface area contributed by atoms with Gasteiger partial charge in [-0.3, -0.25) is 4.79 Å². The second-order valence-electron chi connectivity index (χ2n) is 4.96. The molecule has 0 aromatic heterocycles. The Morgan fingerprint density at radius 1 is 1.29 bits per heavy atom. The van der Waals surface area contributed by atoms with Crippen LogP contribution >= 0.6 is 15.9 Å². The van der Waals surface area contributed by atoms with E-state index in [2.05, 4.69) is 21.2 Å². The van der Waals surface area contributed by atoms with E-state index in [1.165, 1.54) is 0 Å². The average Bonchev–Trinajstić information content (AvgIpc) is 2.58. The third kappa shape index (κ3) is 4.74. The highest BCUT2D eigenvalue weighted by atomic mass is 79.9. The molecule has 0 saturated heterocycles. The highest BCUT2D eigenvalue weighted by Crippen LogP contribution is 2.26. The molecule has 0 saturated carbocycles. The predicted octanol–water partition coefficient (Wildman–Crippen LogP) is 4.13. The minimum absolute atomic E-state index is 0.325. The van der Waals surface area contributed by atoms with Crippen molar-refractivity contribution >= 4 is 27.5 Å². The van der Waals surface area contributed by atoms with Crippen molar-refractivity contribution in [3.63, 3.8) is 0 Å². The summed E-state index contributed by atoms with van der Waals surface area (Å²) in [7, 11) is 0. The summed E-state index contributed by atoms with van der Waals surface area (Å²) in [6.07, 6.45) is -0.702. The van der Waals surface area contributed by atoms with E-state index in [0.29, 0.717) is 29.4 Å². The van der Waals surface area contributed by atoms with Crippen LogP contribution in [0.25, 0.3) is 0 Å². The standard InChI is InChI=1S/C18H17BrN2O3/c1-3-23-17-9-4-13(11-20)10-16(17)21-18(22)12(2)24-15-7-5-14(19)6-8-15/h4-10,12H,3H2,1-2H3,(H,21,22). The van der Waals surface area contributed by atoms with Gasteiger partial charge in [0, 0.05) is 4.47 Å². The summed E-state index contributed by atoms with van der Waals surface area (Å²) in [5, 5.41) is 11.8. The molecule has 0 bridgehead atoms. The summed E-state index contributed by atoms with van der Waals surface area (Å²) in [4.78, 5) is 12.4. The van der Waals surface area contributed by atoms with Crippen molar-refractivity contribution in [2.45, 2.75) is 20.0 Å². The van der Waals surface area contributed by atoms with Gasteiger partial charge in [0.25, 0.3) is 5.91 Å². The second-order valence-corrected chi connectivity index (χ2v) is 5.87. The molecule has 0 aliphatic heterocycles. The molecule has 0 aliphatic carbocycles. The molecule has 0 radical (unpaired) electrons. The van der Waals surface area contributed by atoms with Crippen molar-refractivity contribution in [3.8, 4) is 17.6 Å². The minimum Gasteiger partial charge on any atom is -0.492 e. The number of nitrogens with one attached hydrogen (secondary N) is 1. The summed E-state index contributed by atoms with van der Waals surface area (Å²) in [5.74, 6) is 0.784. The van der Waals surface area contributed by atoms with E-state index in [9.17, 15) is 4.79 Å². The Hall–Kier alpha value is -2.52. The molecule has 0 fully saturated rings. The van der Waals surface area contributed by atoms with Gasteiger partial charge in [-0.15, -0.1) is 0 Å². The summed E-state index contributed by atoms with van der Waals surface area (Å²) in [5.41, 5.74) is 0.891. The number of nitrogens with zero attached hydrogens (tertiary/aromatic N) is 1. The molecule has 2 rings (SSSR count). The summed E-state index contributed by atoms with van der Waals surface area (Å²) in [6, 6.07) is 14.1. The summed E-state index contributed by atoms with van der Waals surface area (Å²) >= 11 is 3.35. The largest absolute Gasteiger partial charge is 0.492 e. The van der Waals surface area contributed by atoms with E-state index in [0.717, 1.165) is 4.47 Å². The highest BCUT2D eigenvalue weighted by molar-refractivity contribution is 9.10. The van der Waals surface area contributed by atoms with Gasteiger partial charge in [-0.1, -0.05) is 15.9 Å². The van der Waals surface area contributed by atoms with Crippen molar-refractivity contribution < 1.29 is 14.3 Å². The second kappa shape index (κ2) is 8.37. The molecule has 0 aliphatic rings. The molecule has 2 aromatic rings. The molecule has 1 atom stereocenters. The lowest BCUT2D eigenvalue weighted by Crippen LogP contribution is -2.30. The zero-order valence-corrected chi connectivity index (χ0v) is 15.0. The third-order valence-electron chi connectivity index (χ3n) is 3.16. The monoisotopic (exact) mass is 388 g/mol. The first-order valence-electron chi connectivity index (χ1n) is 7.43. The van der Waals surface area contributed by atoms with Gasteiger partial charge in [-0.25, -0.2) is 0 Å². The molecule has 2 aromatic carbocycles. The molecule has 1 amide bonds. The number of benzene rings is 2. The van der Waals surface area contributed by atoms with Gasteiger partial charge in [0.15, 0.2) is 6.10 Å². The van der Waals surface area contributed by atoms with Crippen LogP contribution in [0.15, 0.2) is 46.9 Å². The van der Waals surface area contributed by atoms with Crippen LogP contribution in [-0.4, -0.2) is 18.6 Å². The molecule has 24 heavy (non-hydrogen) atoms. The Labute approximate surface area is 149 Å². The van der Waals surface area contributed by atoms with E-state index in [-0.39, 0.29) is 5.91 Å².